The zero-order chi connectivity index (χ0) is 19.5. The first-order chi connectivity index (χ1) is 13.1. The molecule has 0 heterocycles. The van der Waals surface area contributed by atoms with Crippen molar-refractivity contribution in [2.75, 3.05) is 33.9 Å². The number of hydrogen-bond donors (Lipinski definition) is 2. The maximum atomic E-state index is 6.28. The number of aliphatic imine (C=N–C) groups is 1. The standard InChI is InChI=1S/C21H35N3O3.HI/c1-16(2)15-26-13-12-23-21(22-3)24-14-17-8-7-11-19(25-4)20(17)27-18-9-5-6-10-18;/h7-8,11,16,18H,5-6,9-10,12-15H2,1-4H3,(H2,22,23,24);1H. The van der Waals surface area contributed by atoms with Crippen LogP contribution >= 0.6 is 24.0 Å². The average Bonchev–Trinajstić information content (AvgIpc) is 3.17. The number of nitrogens with one attached hydrogen (secondary N) is 2. The van der Waals surface area contributed by atoms with Crippen LogP contribution in [0.3, 0.4) is 0 Å². The summed E-state index contributed by atoms with van der Waals surface area (Å²) >= 11 is 0. The van der Waals surface area contributed by atoms with Gasteiger partial charge in [-0.3, -0.25) is 4.99 Å². The number of ether oxygens (including phenoxy) is 3. The van der Waals surface area contributed by atoms with Gasteiger partial charge in [0.15, 0.2) is 17.5 Å². The molecule has 1 aliphatic carbocycles. The Labute approximate surface area is 186 Å². The Bertz CT molecular complexity index is 590. The third-order valence-corrected chi connectivity index (χ3v) is 4.53. The Morgan fingerprint density at radius 1 is 1.21 bits per heavy atom. The molecule has 1 aromatic rings. The number of halogens is 1. The fraction of sp³-hybridized carbons (Fsp3) is 0.667. The molecule has 0 aliphatic heterocycles. The predicted molar refractivity (Wildman–Crippen MR) is 125 cm³/mol. The zero-order valence-corrected chi connectivity index (χ0v) is 20.0. The van der Waals surface area contributed by atoms with Crippen molar-refractivity contribution in [2.45, 2.75) is 52.2 Å². The predicted octanol–water partition coefficient (Wildman–Crippen LogP) is 3.97. The molecule has 1 aliphatic rings. The fourth-order valence-electron chi connectivity index (χ4n) is 3.13. The van der Waals surface area contributed by atoms with Crippen LogP contribution in [0, 0.1) is 5.92 Å². The summed E-state index contributed by atoms with van der Waals surface area (Å²) in [5, 5.41) is 6.63. The average molecular weight is 505 g/mol. The van der Waals surface area contributed by atoms with Gasteiger partial charge in [-0.25, -0.2) is 0 Å². The molecule has 0 atom stereocenters. The first-order valence-electron chi connectivity index (χ1n) is 9.98. The molecule has 0 unspecified atom stereocenters. The highest BCUT2D eigenvalue weighted by molar-refractivity contribution is 14.0. The highest BCUT2D eigenvalue weighted by Gasteiger charge is 2.20. The molecule has 2 N–H and O–H groups in total. The van der Waals surface area contributed by atoms with Crippen molar-refractivity contribution in [2.24, 2.45) is 10.9 Å². The number of rotatable bonds is 10. The summed E-state index contributed by atoms with van der Waals surface area (Å²) in [6.45, 7) is 7.07. The summed E-state index contributed by atoms with van der Waals surface area (Å²) in [4.78, 5) is 4.28. The van der Waals surface area contributed by atoms with E-state index in [-0.39, 0.29) is 30.1 Å². The quantitative estimate of drug-likeness (QED) is 0.218. The Morgan fingerprint density at radius 3 is 2.61 bits per heavy atom. The number of hydrogen-bond acceptors (Lipinski definition) is 4. The van der Waals surface area contributed by atoms with E-state index in [1.54, 1.807) is 14.2 Å². The molecule has 1 aromatic carbocycles. The van der Waals surface area contributed by atoms with Crippen molar-refractivity contribution in [3.05, 3.63) is 23.8 Å². The topological polar surface area (TPSA) is 64.1 Å². The van der Waals surface area contributed by atoms with Gasteiger partial charge in [0.25, 0.3) is 0 Å². The van der Waals surface area contributed by atoms with E-state index in [2.05, 4.69) is 35.5 Å². The second-order valence-electron chi connectivity index (χ2n) is 7.29. The first-order valence-corrected chi connectivity index (χ1v) is 9.98. The van der Waals surface area contributed by atoms with E-state index >= 15 is 0 Å². The molecular formula is C21H36IN3O3. The Kier molecular flexibility index (Phi) is 12.3. The monoisotopic (exact) mass is 505 g/mol. The van der Waals surface area contributed by atoms with E-state index in [1.807, 2.05) is 12.1 Å². The van der Waals surface area contributed by atoms with Gasteiger partial charge in [-0.2, -0.15) is 0 Å². The molecule has 0 saturated heterocycles. The summed E-state index contributed by atoms with van der Waals surface area (Å²) < 4.78 is 17.4. The minimum Gasteiger partial charge on any atom is -0.493 e. The minimum absolute atomic E-state index is 0. The molecular weight excluding hydrogens is 469 g/mol. The number of para-hydroxylation sites is 1. The fourth-order valence-corrected chi connectivity index (χ4v) is 3.13. The summed E-state index contributed by atoms with van der Waals surface area (Å²) in [5.74, 6) is 2.92. The molecule has 0 spiro atoms. The van der Waals surface area contributed by atoms with Crippen molar-refractivity contribution in [1.82, 2.24) is 10.6 Å². The number of nitrogens with zero attached hydrogens (tertiary/aromatic N) is 1. The molecule has 6 nitrogen and oxygen atoms in total. The van der Waals surface area contributed by atoms with Crippen LogP contribution in [0.2, 0.25) is 0 Å². The third-order valence-electron chi connectivity index (χ3n) is 4.53. The maximum absolute atomic E-state index is 6.28. The minimum atomic E-state index is 0. The van der Waals surface area contributed by atoms with Gasteiger partial charge in [-0.1, -0.05) is 26.0 Å². The lowest BCUT2D eigenvalue weighted by molar-refractivity contribution is 0.114. The van der Waals surface area contributed by atoms with Crippen LogP contribution in [0.25, 0.3) is 0 Å². The second kappa shape index (κ2) is 13.9. The summed E-state index contributed by atoms with van der Waals surface area (Å²) in [5.41, 5.74) is 1.07. The van der Waals surface area contributed by atoms with E-state index in [1.165, 1.54) is 12.8 Å². The molecule has 0 bridgehead atoms. The summed E-state index contributed by atoms with van der Waals surface area (Å²) in [7, 11) is 3.46. The van der Waals surface area contributed by atoms with Crippen molar-refractivity contribution >= 4 is 29.9 Å². The molecule has 0 aromatic heterocycles. The van der Waals surface area contributed by atoms with E-state index in [0.717, 1.165) is 49.0 Å². The Morgan fingerprint density at radius 2 is 1.96 bits per heavy atom. The zero-order valence-electron chi connectivity index (χ0n) is 17.6. The molecule has 1 fully saturated rings. The van der Waals surface area contributed by atoms with Gasteiger partial charge < -0.3 is 24.8 Å². The summed E-state index contributed by atoms with van der Waals surface area (Å²) in [6, 6.07) is 6.01. The molecule has 0 radical (unpaired) electrons. The van der Waals surface area contributed by atoms with Crippen LogP contribution in [0.4, 0.5) is 0 Å². The molecule has 7 heteroatoms. The maximum Gasteiger partial charge on any atom is 0.191 e. The highest BCUT2D eigenvalue weighted by Crippen LogP contribution is 2.34. The molecule has 0 amide bonds. The van der Waals surface area contributed by atoms with Crippen molar-refractivity contribution in [1.29, 1.82) is 0 Å². The Balaban J connectivity index is 0.00000392. The van der Waals surface area contributed by atoms with Crippen molar-refractivity contribution < 1.29 is 14.2 Å². The van der Waals surface area contributed by atoms with Gasteiger partial charge in [0, 0.05) is 32.3 Å². The third kappa shape index (κ3) is 8.43. The smallest absolute Gasteiger partial charge is 0.191 e. The van der Waals surface area contributed by atoms with Crippen LogP contribution in [0.1, 0.15) is 45.1 Å². The van der Waals surface area contributed by atoms with Gasteiger partial charge in [-0.05, 0) is 37.7 Å². The largest absolute Gasteiger partial charge is 0.493 e. The van der Waals surface area contributed by atoms with Gasteiger partial charge in [0.2, 0.25) is 0 Å². The van der Waals surface area contributed by atoms with Crippen LogP contribution in [-0.4, -0.2) is 46.0 Å². The summed E-state index contributed by atoms with van der Waals surface area (Å²) in [6.07, 6.45) is 5.00. The van der Waals surface area contributed by atoms with Crippen LogP contribution < -0.4 is 20.1 Å². The molecule has 1 saturated carbocycles. The molecule has 2 rings (SSSR count). The Hall–Kier alpha value is -1.22. The van der Waals surface area contributed by atoms with Crippen molar-refractivity contribution in [3.8, 4) is 11.5 Å². The van der Waals surface area contributed by atoms with E-state index < -0.39 is 0 Å². The van der Waals surface area contributed by atoms with Gasteiger partial charge in [0.1, 0.15) is 0 Å². The van der Waals surface area contributed by atoms with Gasteiger partial charge in [-0.15, -0.1) is 24.0 Å². The van der Waals surface area contributed by atoms with Crippen LogP contribution in [0.5, 0.6) is 11.5 Å². The van der Waals surface area contributed by atoms with Crippen LogP contribution in [-0.2, 0) is 11.3 Å². The lowest BCUT2D eigenvalue weighted by atomic mass is 10.1. The first kappa shape index (κ1) is 24.8. The van der Waals surface area contributed by atoms with E-state index in [0.29, 0.717) is 19.1 Å². The van der Waals surface area contributed by atoms with Crippen LogP contribution in [0.15, 0.2) is 23.2 Å². The van der Waals surface area contributed by atoms with E-state index in [4.69, 9.17) is 14.2 Å². The normalized spacial score (nSPS) is 14.7. The number of benzene rings is 1. The van der Waals surface area contributed by atoms with Gasteiger partial charge >= 0.3 is 0 Å². The van der Waals surface area contributed by atoms with Gasteiger partial charge in [0.05, 0.1) is 19.8 Å². The van der Waals surface area contributed by atoms with E-state index in [9.17, 15) is 0 Å². The molecule has 28 heavy (non-hydrogen) atoms. The second-order valence-corrected chi connectivity index (χ2v) is 7.29. The lowest BCUT2D eigenvalue weighted by Gasteiger charge is -2.20. The number of guanidine groups is 1. The molecule has 160 valence electrons. The SMILES string of the molecule is CN=C(NCCOCC(C)C)NCc1cccc(OC)c1OC1CCCC1.I. The lowest BCUT2D eigenvalue weighted by Crippen LogP contribution is -2.38. The number of methoxy groups -OCH3 is 1. The van der Waals surface area contributed by atoms with Crippen molar-refractivity contribution in [3.63, 3.8) is 0 Å². The highest BCUT2D eigenvalue weighted by atomic mass is 127.